The lowest BCUT2D eigenvalue weighted by Gasteiger charge is -2.36. The maximum atomic E-state index is 12.6. The fourth-order valence-electron chi connectivity index (χ4n) is 5.52. The average molecular weight is 939 g/mol. The van der Waals surface area contributed by atoms with Gasteiger partial charge in [-0.25, -0.2) is 19.3 Å². The highest BCUT2D eigenvalue weighted by Crippen LogP contribution is 2.56. The van der Waals surface area contributed by atoms with Crippen molar-refractivity contribution in [2.75, 3.05) is 37.8 Å². The van der Waals surface area contributed by atoms with E-state index in [1.807, 2.05) is 0 Å². The highest BCUT2D eigenvalue weighted by Gasteiger charge is 2.47. The summed E-state index contributed by atoms with van der Waals surface area (Å²) in [7, 11) is -17.7. The number of carbonyl (C=O) groups excluding carboxylic acids is 4. The number of hydrogen-bond acceptors (Lipinski definition) is 24. The van der Waals surface area contributed by atoms with Gasteiger partial charge in [0, 0.05) is 49.0 Å². The largest absolute Gasteiger partial charge is 0.790 e. The standard InChI is InChI=1S/C31H44N7O19P3S/c1-31(2,25(42)28(43)34-9-8-20(39)33-10-11-61-21(40)12-18(30(44)45)17-6-4-3-5-7-17)14-54-60(51,52)57-59(49,50)53-13-19-24(56-58(46,47)48)23(41)29(55-19)38-16-37-22-26(32)35-15-36-27(22)38/h3-7,15-16,18-19,23-25,29,41-42H,8-14H2,1-2H3,(H,33,39)(H,34,43)(H,44,45)(H,49,50)(H,51,52)(H2,32,35,36)(H2,46,47,48)/p-5/t18?,19-,23-,24-,25+,29-/m1/s1. The van der Waals surface area contributed by atoms with Crippen LogP contribution >= 0.6 is 35.2 Å². The zero-order chi connectivity index (χ0) is 45.3. The van der Waals surface area contributed by atoms with Gasteiger partial charge in [0.15, 0.2) is 22.8 Å². The van der Waals surface area contributed by atoms with Crippen molar-refractivity contribution < 1.29 is 90.4 Å². The summed E-state index contributed by atoms with van der Waals surface area (Å²) in [6.45, 7) is -0.277. The summed E-state index contributed by atoms with van der Waals surface area (Å²) in [6.07, 6.45) is -8.15. The number of thioether (sulfide) groups is 1. The van der Waals surface area contributed by atoms with Crippen LogP contribution in [0.2, 0.25) is 0 Å². The number of nitrogens with one attached hydrogen (secondary N) is 2. The maximum absolute atomic E-state index is 12.6. The Morgan fingerprint density at radius 3 is 2.34 bits per heavy atom. The van der Waals surface area contributed by atoms with Crippen LogP contribution in [0, 0.1) is 5.41 Å². The summed E-state index contributed by atoms with van der Waals surface area (Å²) >= 11 is 0.808. The zero-order valence-electron chi connectivity index (χ0n) is 31.9. The second-order valence-electron chi connectivity index (χ2n) is 13.7. The fourth-order valence-corrected chi connectivity index (χ4v) is 8.97. The van der Waals surface area contributed by atoms with Crippen LogP contribution in [-0.2, 0) is 55.5 Å². The second kappa shape index (κ2) is 21.1. The topological polar surface area (TPSA) is 415 Å². The molecule has 1 fully saturated rings. The Morgan fingerprint density at radius 2 is 1.69 bits per heavy atom. The van der Waals surface area contributed by atoms with Crippen LogP contribution in [0.3, 0.4) is 0 Å². The minimum absolute atomic E-state index is 0.0193. The minimum Gasteiger partial charge on any atom is -0.790 e. The van der Waals surface area contributed by atoms with Crippen molar-refractivity contribution in [3.05, 3.63) is 48.5 Å². The number of aliphatic hydroxyl groups excluding tert-OH is 2. The average Bonchev–Trinajstić information content (AvgIpc) is 3.73. The molecule has 1 aliphatic rings. The molecule has 4 rings (SSSR count). The first-order chi connectivity index (χ1) is 28.4. The number of fused-ring (bicyclic) bond motifs is 1. The molecular weight excluding hydrogens is 899 g/mol. The van der Waals surface area contributed by atoms with Crippen LogP contribution in [0.1, 0.15) is 44.4 Å². The number of aliphatic carboxylic acids is 1. The summed E-state index contributed by atoms with van der Waals surface area (Å²) in [5.41, 5.74) is 4.40. The number of aromatic nitrogens is 4. The molecule has 30 heteroatoms. The molecule has 0 aliphatic carbocycles. The van der Waals surface area contributed by atoms with E-state index in [2.05, 4.69) is 43.5 Å². The van der Waals surface area contributed by atoms with Gasteiger partial charge in [0.05, 0.1) is 27.4 Å². The molecule has 1 saturated heterocycles. The third-order valence-electron chi connectivity index (χ3n) is 8.60. The number of nitrogens with two attached hydrogens (primary N) is 1. The molecule has 2 amide bonds. The van der Waals surface area contributed by atoms with Crippen LogP contribution in [0.15, 0.2) is 43.0 Å². The number of imidazole rings is 1. The fraction of sp³-hybridized carbons (Fsp3) is 0.516. The number of ether oxygens (including phenoxy) is 1. The highest BCUT2D eigenvalue weighted by molar-refractivity contribution is 8.13. The number of carboxylic acids is 1. The number of amides is 2. The lowest BCUT2D eigenvalue weighted by atomic mass is 9.87. The predicted octanol–water partition coefficient (Wildman–Crippen LogP) is -3.94. The Bertz CT molecular complexity index is 2180. The lowest BCUT2D eigenvalue weighted by molar-refractivity contribution is -0.347. The number of rotatable bonds is 23. The van der Waals surface area contributed by atoms with Crippen molar-refractivity contribution in [1.82, 2.24) is 30.2 Å². The van der Waals surface area contributed by atoms with Crippen molar-refractivity contribution in [2.45, 2.75) is 63.3 Å². The van der Waals surface area contributed by atoms with Gasteiger partial charge in [0.1, 0.15) is 36.3 Å². The van der Waals surface area contributed by atoms with Crippen LogP contribution in [0.4, 0.5) is 5.82 Å². The highest BCUT2D eigenvalue weighted by atomic mass is 32.2. The molecule has 0 radical (unpaired) electrons. The van der Waals surface area contributed by atoms with E-state index in [1.165, 1.54) is 13.8 Å². The molecule has 3 aromatic rings. The number of aliphatic hydroxyl groups is 2. The van der Waals surface area contributed by atoms with E-state index in [-0.39, 0.29) is 48.7 Å². The monoisotopic (exact) mass is 938 g/mol. The van der Waals surface area contributed by atoms with Gasteiger partial charge in [-0.05, 0) is 5.56 Å². The number of phosphoric ester groups is 3. The number of carboxylic acid groups (broad SMARTS) is 1. The quantitative estimate of drug-likeness (QED) is 0.0447. The number of hydrogen-bond donors (Lipinski definition) is 5. The SMILES string of the molecule is CC(C)(COP(=O)([O-])OP(=O)([O-])OC[C@H]1O[C@@H](n2cnc3c(N)ncnc32)[C@H](O)[C@@H]1OP(=O)([O-])[O-])[C@@H](O)C(=O)NCCC(=O)NCCSC(=O)CC(C(=O)[O-])c1ccccc1. The normalized spacial score (nSPS) is 21.2. The van der Waals surface area contributed by atoms with Crippen LogP contribution in [-0.4, -0.2) is 109 Å². The molecule has 0 saturated carbocycles. The summed E-state index contributed by atoms with van der Waals surface area (Å²) in [5, 5.41) is 37.2. The summed E-state index contributed by atoms with van der Waals surface area (Å²) in [4.78, 5) is 108. The van der Waals surface area contributed by atoms with E-state index in [0.29, 0.717) is 5.56 Å². The molecular formula is C31H39N7O19P3S-5. The number of nitrogen functional groups attached to an aromatic ring is 1. The van der Waals surface area contributed by atoms with E-state index < -0.39 is 102 Å². The molecule has 0 bridgehead atoms. The van der Waals surface area contributed by atoms with Crippen LogP contribution in [0.5, 0.6) is 0 Å². The van der Waals surface area contributed by atoms with Crippen LogP contribution in [0.25, 0.3) is 11.2 Å². The third-order valence-corrected chi connectivity index (χ3v) is 12.5. The van der Waals surface area contributed by atoms with Gasteiger partial charge >= 0.3 is 0 Å². The van der Waals surface area contributed by atoms with Gasteiger partial charge in [-0.2, -0.15) is 0 Å². The van der Waals surface area contributed by atoms with E-state index in [9.17, 15) is 67.8 Å². The van der Waals surface area contributed by atoms with Crippen molar-refractivity contribution in [2.24, 2.45) is 5.41 Å². The molecule has 338 valence electrons. The number of nitrogens with zero attached hydrogens (tertiary/aromatic N) is 4. The first kappa shape index (κ1) is 49.9. The Labute approximate surface area is 350 Å². The first-order valence-electron chi connectivity index (χ1n) is 17.6. The molecule has 3 unspecified atom stereocenters. The molecule has 6 N–H and O–H groups in total. The molecule has 26 nitrogen and oxygen atoms in total. The summed E-state index contributed by atoms with van der Waals surface area (Å²) < 4.78 is 60.5. The van der Waals surface area contributed by atoms with Crippen molar-refractivity contribution >= 4 is 75.1 Å². The van der Waals surface area contributed by atoms with Gasteiger partial charge in [-0.15, -0.1) is 0 Å². The Kier molecular flexibility index (Phi) is 17.2. The van der Waals surface area contributed by atoms with Gasteiger partial charge in [-0.3, -0.25) is 28.1 Å². The zero-order valence-corrected chi connectivity index (χ0v) is 35.4. The number of benzene rings is 1. The molecule has 1 aromatic carbocycles. The van der Waals surface area contributed by atoms with E-state index >= 15 is 0 Å². The molecule has 1 aliphatic heterocycles. The van der Waals surface area contributed by atoms with Gasteiger partial charge in [0.2, 0.25) is 11.8 Å². The Hall–Kier alpha value is -3.75. The molecule has 2 aromatic heterocycles. The second-order valence-corrected chi connectivity index (χ2v) is 18.9. The number of anilines is 1. The van der Waals surface area contributed by atoms with Gasteiger partial charge in [0.25, 0.3) is 15.6 Å². The molecule has 0 spiro atoms. The molecule has 8 atom stereocenters. The van der Waals surface area contributed by atoms with Crippen LogP contribution < -0.4 is 41.0 Å². The van der Waals surface area contributed by atoms with E-state index in [1.54, 1.807) is 30.3 Å². The van der Waals surface area contributed by atoms with Gasteiger partial charge in [-0.1, -0.05) is 55.9 Å². The smallest absolute Gasteiger partial charge is 0.274 e. The predicted molar refractivity (Wildman–Crippen MR) is 197 cm³/mol. The number of carbonyl (C=O) groups is 4. The first-order valence-corrected chi connectivity index (χ1v) is 23.0. The summed E-state index contributed by atoms with van der Waals surface area (Å²) in [6, 6.07) is 8.07. The minimum atomic E-state index is -5.95. The van der Waals surface area contributed by atoms with E-state index in [0.717, 1.165) is 29.0 Å². The number of phosphoric acid groups is 3. The lowest BCUT2D eigenvalue weighted by Crippen LogP contribution is -2.46. The van der Waals surface area contributed by atoms with Crippen molar-refractivity contribution in [3.8, 4) is 0 Å². The molecule has 61 heavy (non-hydrogen) atoms. The van der Waals surface area contributed by atoms with Crippen molar-refractivity contribution in [1.29, 1.82) is 0 Å². The van der Waals surface area contributed by atoms with E-state index in [4.69, 9.17) is 10.5 Å². The Balaban J connectivity index is 1.20. The molecule has 3 heterocycles. The maximum Gasteiger partial charge on any atom is 0.274 e. The third kappa shape index (κ3) is 14.7. The Morgan fingerprint density at radius 1 is 1.02 bits per heavy atom. The van der Waals surface area contributed by atoms with Gasteiger partial charge < -0.3 is 78.9 Å². The summed E-state index contributed by atoms with van der Waals surface area (Å²) in [5.74, 6) is -4.15. The van der Waals surface area contributed by atoms with Crippen molar-refractivity contribution in [3.63, 3.8) is 0 Å².